The lowest BCUT2D eigenvalue weighted by Crippen LogP contribution is -2.43. The fourth-order valence-corrected chi connectivity index (χ4v) is 3.96. The summed E-state index contributed by atoms with van der Waals surface area (Å²) in [5, 5.41) is 0. The van der Waals surface area contributed by atoms with Crippen molar-refractivity contribution in [2.45, 2.75) is 56.9 Å². The third-order valence-corrected chi connectivity index (χ3v) is 4.93. The first-order valence-electron chi connectivity index (χ1n) is 8.72. The Labute approximate surface area is 159 Å². The summed E-state index contributed by atoms with van der Waals surface area (Å²) in [5.41, 5.74) is 0.970. The van der Waals surface area contributed by atoms with Gasteiger partial charge in [-0.05, 0) is 19.4 Å². The monoisotopic (exact) mass is 402 g/mol. The topological polar surface area (TPSA) is 89.5 Å². The van der Waals surface area contributed by atoms with Crippen molar-refractivity contribution in [1.82, 2.24) is 0 Å². The molecule has 152 valence electrons. The summed E-state index contributed by atoms with van der Waals surface area (Å²) in [5.74, 6) is -0.825. The van der Waals surface area contributed by atoms with Crippen LogP contribution in [0.15, 0.2) is 30.3 Å². The smallest absolute Gasteiger partial charge is 0.264 e. The highest BCUT2D eigenvalue weighted by atomic mass is 32.2. The fraction of sp³-hybridized carbons (Fsp3) is 0.667. The Bertz CT molecular complexity index is 720. The maximum Gasteiger partial charge on any atom is 0.264 e. The zero-order chi connectivity index (χ0) is 19.7. The molecule has 0 amide bonds. The number of hydrogen-bond donors (Lipinski definition) is 0. The molecular formula is C18H26O8S. The molecule has 2 fully saturated rings. The highest BCUT2D eigenvalue weighted by Gasteiger charge is 2.58. The molecule has 0 saturated carbocycles. The normalized spacial score (nSPS) is 31.0. The van der Waals surface area contributed by atoms with E-state index < -0.39 is 46.6 Å². The van der Waals surface area contributed by atoms with Gasteiger partial charge >= 0.3 is 0 Å². The van der Waals surface area contributed by atoms with E-state index >= 15 is 0 Å². The molecule has 0 aromatic heterocycles. The van der Waals surface area contributed by atoms with E-state index in [1.54, 1.807) is 13.8 Å². The minimum Gasteiger partial charge on any atom is -0.374 e. The molecule has 1 aromatic carbocycles. The predicted molar refractivity (Wildman–Crippen MR) is 95.3 cm³/mol. The van der Waals surface area contributed by atoms with Crippen molar-refractivity contribution in [3.8, 4) is 0 Å². The number of methoxy groups -OCH3 is 1. The van der Waals surface area contributed by atoms with E-state index in [1.807, 2.05) is 30.3 Å². The number of ether oxygens (including phenoxy) is 5. The number of fused-ring (bicyclic) bond motifs is 1. The summed E-state index contributed by atoms with van der Waals surface area (Å²) in [6, 6.07) is 9.57. The molecule has 0 radical (unpaired) electrons. The van der Waals surface area contributed by atoms with Gasteiger partial charge in [-0.3, -0.25) is 4.18 Å². The second kappa shape index (κ2) is 8.12. The standard InChI is InChI=1S/C18H26O8S/c1-18(2)24-15-14(23-17(21-3)16(15)25-18)13(26-27(4,19)20)11-22-10-12-8-6-5-7-9-12/h5-9,13-17H,10-11H2,1-4H3/t13-,14+,15-,16-,17-/m0/s1. The van der Waals surface area contributed by atoms with Gasteiger partial charge in [0, 0.05) is 7.11 Å². The Hall–Kier alpha value is -1.07. The molecule has 0 N–H and O–H groups in total. The van der Waals surface area contributed by atoms with Crippen LogP contribution in [0.3, 0.4) is 0 Å². The molecule has 8 nitrogen and oxygen atoms in total. The number of hydrogen-bond acceptors (Lipinski definition) is 8. The van der Waals surface area contributed by atoms with Crippen LogP contribution in [0.4, 0.5) is 0 Å². The van der Waals surface area contributed by atoms with E-state index in [4.69, 9.17) is 27.9 Å². The average Bonchev–Trinajstić information content (AvgIpc) is 3.06. The van der Waals surface area contributed by atoms with E-state index in [0.29, 0.717) is 6.61 Å². The SMILES string of the molecule is CO[C@H]1O[C@H]([C@H](COCc2ccccc2)OS(C)(=O)=O)[C@@H]2OC(C)(C)O[C@H]12. The van der Waals surface area contributed by atoms with Gasteiger partial charge < -0.3 is 23.7 Å². The third kappa shape index (κ3) is 5.26. The van der Waals surface area contributed by atoms with E-state index in [1.165, 1.54) is 7.11 Å². The van der Waals surface area contributed by atoms with Gasteiger partial charge in [0.25, 0.3) is 10.1 Å². The second-order valence-electron chi connectivity index (χ2n) is 7.11. The van der Waals surface area contributed by atoms with Crippen LogP contribution in [-0.4, -0.2) is 64.9 Å². The Morgan fingerprint density at radius 1 is 1.15 bits per heavy atom. The minimum absolute atomic E-state index is 0.00999. The Morgan fingerprint density at radius 2 is 1.81 bits per heavy atom. The lowest BCUT2D eigenvalue weighted by atomic mass is 10.1. The first-order chi connectivity index (χ1) is 12.7. The zero-order valence-electron chi connectivity index (χ0n) is 15.9. The molecule has 5 atom stereocenters. The van der Waals surface area contributed by atoms with Crippen molar-refractivity contribution in [1.29, 1.82) is 0 Å². The molecule has 0 unspecified atom stereocenters. The first kappa shape index (κ1) is 20.7. The molecule has 2 saturated heterocycles. The molecular weight excluding hydrogens is 376 g/mol. The van der Waals surface area contributed by atoms with Gasteiger partial charge in [-0.25, -0.2) is 0 Å². The van der Waals surface area contributed by atoms with Gasteiger partial charge in [-0.15, -0.1) is 0 Å². The van der Waals surface area contributed by atoms with Gasteiger partial charge in [0.2, 0.25) is 0 Å². The molecule has 2 aliphatic heterocycles. The summed E-state index contributed by atoms with van der Waals surface area (Å²) >= 11 is 0. The van der Waals surface area contributed by atoms with E-state index in [0.717, 1.165) is 11.8 Å². The first-order valence-corrected chi connectivity index (χ1v) is 10.5. The largest absolute Gasteiger partial charge is 0.374 e. The quantitative estimate of drug-likeness (QED) is 0.604. The molecule has 27 heavy (non-hydrogen) atoms. The number of benzene rings is 1. The van der Waals surface area contributed by atoms with Crippen LogP contribution in [0.5, 0.6) is 0 Å². The molecule has 0 spiro atoms. The summed E-state index contributed by atoms with van der Waals surface area (Å²) in [4.78, 5) is 0. The summed E-state index contributed by atoms with van der Waals surface area (Å²) in [7, 11) is -2.24. The Balaban J connectivity index is 1.72. The van der Waals surface area contributed by atoms with Gasteiger partial charge in [0.15, 0.2) is 12.1 Å². The lowest BCUT2D eigenvalue weighted by Gasteiger charge is -2.28. The van der Waals surface area contributed by atoms with Gasteiger partial charge in [-0.1, -0.05) is 30.3 Å². The lowest BCUT2D eigenvalue weighted by molar-refractivity contribution is -0.237. The van der Waals surface area contributed by atoms with Crippen LogP contribution in [0, 0.1) is 0 Å². The minimum atomic E-state index is -3.73. The molecule has 2 heterocycles. The van der Waals surface area contributed by atoms with Crippen molar-refractivity contribution in [3.05, 3.63) is 35.9 Å². The molecule has 1 aromatic rings. The third-order valence-electron chi connectivity index (χ3n) is 4.34. The molecule has 9 heteroatoms. The van der Waals surface area contributed by atoms with Crippen LogP contribution in [0.25, 0.3) is 0 Å². The molecule has 2 aliphatic rings. The highest BCUT2D eigenvalue weighted by Crippen LogP contribution is 2.40. The van der Waals surface area contributed by atoms with Crippen LogP contribution in [0.2, 0.25) is 0 Å². The van der Waals surface area contributed by atoms with Crippen LogP contribution < -0.4 is 0 Å². The van der Waals surface area contributed by atoms with Gasteiger partial charge in [-0.2, -0.15) is 8.42 Å². The predicted octanol–water partition coefficient (Wildman–Crippen LogP) is 1.44. The summed E-state index contributed by atoms with van der Waals surface area (Å²) in [6.45, 7) is 3.90. The van der Waals surface area contributed by atoms with E-state index in [9.17, 15) is 8.42 Å². The molecule has 3 rings (SSSR count). The Kier molecular flexibility index (Phi) is 6.21. The van der Waals surface area contributed by atoms with E-state index in [-0.39, 0.29) is 6.61 Å². The molecule has 0 bridgehead atoms. The van der Waals surface area contributed by atoms with Gasteiger partial charge in [0.05, 0.1) is 19.5 Å². The average molecular weight is 402 g/mol. The zero-order valence-corrected chi connectivity index (χ0v) is 16.7. The van der Waals surface area contributed by atoms with Gasteiger partial charge in [0.1, 0.15) is 24.4 Å². The van der Waals surface area contributed by atoms with Crippen molar-refractivity contribution in [2.24, 2.45) is 0 Å². The molecule has 0 aliphatic carbocycles. The number of rotatable bonds is 8. The fourth-order valence-electron chi connectivity index (χ4n) is 3.35. The van der Waals surface area contributed by atoms with Crippen molar-refractivity contribution in [3.63, 3.8) is 0 Å². The maximum absolute atomic E-state index is 11.8. The highest BCUT2D eigenvalue weighted by molar-refractivity contribution is 7.86. The summed E-state index contributed by atoms with van der Waals surface area (Å²) < 4.78 is 57.4. The van der Waals surface area contributed by atoms with Crippen LogP contribution >= 0.6 is 0 Å². The maximum atomic E-state index is 11.8. The van der Waals surface area contributed by atoms with Crippen molar-refractivity contribution < 1.29 is 36.3 Å². The van der Waals surface area contributed by atoms with Crippen molar-refractivity contribution in [2.75, 3.05) is 20.0 Å². The Morgan fingerprint density at radius 3 is 2.44 bits per heavy atom. The second-order valence-corrected chi connectivity index (χ2v) is 8.71. The van der Waals surface area contributed by atoms with Crippen LogP contribution in [0.1, 0.15) is 19.4 Å². The van der Waals surface area contributed by atoms with Crippen LogP contribution in [-0.2, 0) is 44.6 Å². The van der Waals surface area contributed by atoms with E-state index in [2.05, 4.69) is 0 Å². The summed E-state index contributed by atoms with van der Waals surface area (Å²) in [6.07, 6.45) is -2.30. The van der Waals surface area contributed by atoms with Crippen molar-refractivity contribution >= 4 is 10.1 Å².